The molecule has 0 spiro atoms. The maximum atomic E-state index is 13.1. The van der Waals surface area contributed by atoms with Crippen LogP contribution in [0.1, 0.15) is 39.5 Å². The van der Waals surface area contributed by atoms with Gasteiger partial charge in [0.1, 0.15) is 12.2 Å². The molecule has 3 N–H and O–H groups in total. The number of morpholine rings is 1. The van der Waals surface area contributed by atoms with Gasteiger partial charge in [0.25, 0.3) is 5.91 Å². The van der Waals surface area contributed by atoms with Crippen molar-refractivity contribution in [3.05, 3.63) is 114 Å². The molecule has 1 aliphatic heterocycles. The predicted octanol–water partition coefficient (Wildman–Crippen LogP) is 4.15. The highest BCUT2D eigenvalue weighted by atomic mass is 16.5. The van der Waals surface area contributed by atoms with E-state index in [1.807, 2.05) is 48.5 Å². The standard InChI is InChI=1S/C29H29N5O3/c1-33(29(36)22-8-3-9-23(30)15-22)24-10-4-7-21(16-24)26-17-34(25-11-2-6-20(14-25)19-35)18-27(37-26)28-31-12-5-13-32-28/h2-16,26-27,35H,17-19,30H2,1H3. The van der Waals surface area contributed by atoms with Crippen LogP contribution in [-0.4, -0.2) is 41.1 Å². The topological polar surface area (TPSA) is 105 Å². The summed E-state index contributed by atoms with van der Waals surface area (Å²) in [6.07, 6.45) is 2.77. The Kier molecular flexibility index (Phi) is 7.11. The first-order chi connectivity index (χ1) is 18.0. The first-order valence-electron chi connectivity index (χ1n) is 12.1. The van der Waals surface area contributed by atoms with Crippen LogP contribution in [0.5, 0.6) is 0 Å². The van der Waals surface area contributed by atoms with Crippen LogP contribution in [0.25, 0.3) is 0 Å². The second-order valence-electron chi connectivity index (χ2n) is 9.04. The lowest BCUT2D eigenvalue weighted by molar-refractivity contribution is -0.0337. The Morgan fingerprint density at radius 3 is 2.54 bits per heavy atom. The summed E-state index contributed by atoms with van der Waals surface area (Å²) in [4.78, 5) is 25.8. The number of amides is 1. The molecule has 1 fully saturated rings. The number of hydrogen-bond acceptors (Lipinski definition) is 7. The summed E-state index contributed by atoms with van der Waals surface area (Å²) in [7, 11) is 1.75. The van der Waals surface area contributed by atoms with Crippen LogP contribution in [0.15, 0.2) is 91.3 Å². The van der Waals surface area contributed by atoms with E-state index in [-0.39, 0.29) is 24.7 Å². The van der Waals surface area contributed by atoms with Gasteiger partial charge in [0.05, 0.1) is 13.2 Å². The third kappa shape index (κ3) is 5.45. The van der Waals surface area contributed by atoms with E-state index in [9.17, 15) is 9.90 Å². The maximum absolute atomic E-state index is 13.1. The largest absolute Gasteiger partial charge is 0.399 e. The lowest BCUT2D eigenvalue weighted by atomic mass is 10.0. The number of ether oxygens (including phenoxy) is 1. The molecule has 37 heavy (non-hydrogen) atoms. The van der Waals surface area contributed by atoms with Crippen molar-refractivity contribution in [3.8, 4) is 0 Å². The molecule has 0 saturated carbocycles. The van der Waals surface area contributed by atoms with Crippen LogP contribution in [0.2, 0.25) is 0 Å². The molecule has 2 unspecified atom stereocenters. The summed E-state index contributed by atoms with van der Waals surface area (Å²) < 4.78 is 6.53. The van der Waals surface area contributed by atoms with Crippen LogP contribution in [0, 0.1) is 0 Å². The first-order valence-corrected chi connectivity index (χ1v) is 12.1. The summed E-state index contributed by atoms with van der Waals surface area (Å²) >= 11 is 0. The van der Waals surface area contributed by atoms with Gasteiger partial charge < -0.3 is 25.4 Å². The molecule has 0 aliphatic carbocycles. The van der Waals surface area contributed by atoms with Gasteiger partial charge in [0.2, 0.25) is 0 Å². The number of hydrogen-bond donors (Lipinski definition) is 2. The molecule has 1 amide bonds. The third-order valence-electron chi connectivity index (χ3n) is 6.50. The monoisotopic (exact) mass is 495 g/mol. The van der Waals surface area contributed by atoms with E-state index < -0.39 is 0 Å². The lowest BCUT2D eigenvalue weighted by Gasteiger charge is -2.39. The summed E-state index contributed by atoms with van der Waals surface area (Å²) in [5, 5.41) is 9.64. The van der Waals surface area contributed by atoms with Crippen molar-refractivity contribution in [1.82, 2.24) is 9.97 Å². The Balaban J connectivity index is 1.45. The Labute approximate surface area is 216 Å². The van der Waals surface area contributed by atoms with Gasteiger partial charge in [-0.3, -0.25) is 4.79 Å². The van der Waals surface area contributed by atoms with Crippen LogP contribution in [0.4, 0.5) is 17.1 Å². The van der Waals surface area contributed by atoms with Gasteiger partial charge in [0, 0.05) is 48.6 Å². The summed E-state index contributed by atoms with van der Waals surface area (Å²) in [6.45, 7) is 1.14. The minimum Gasteiger partial charge on any atom is -0.399 e. The molecule has 2 heterocycles. The number of nitrogens with two attached hydrogens (primary N) is 1. The van der Waals surface area contributed by atoms with E-state index in [1.165, 1.54) is 0 Å². The number of benzene rings is 3. The van der Waals surface area contributed by atoms with E-state index >= 15 is 0 Å². The first kappa shape index (κ1) is 24.4. The summed E-state index contributed by atoms with van der Waals surface area (Å²) in [5.74, 6) is 0.465. The van der Waals surface area contributed by atoms with Gasteiger partial charge in [-0.2, -0.15) is 0 Å². The molecule has 0 bridgehead atoms. The fourth-order valence-corrected chi connectivity index (χ4v) is 4.54. The Morgan fingerprint density at radius 1 is 1.00 bits per heavy atom. The van der Waals surface area contributed by atoms with Crippen molar-refractivity contribution in [2.75, 3.05) is 35.7 Å². The molecule has 1 saturated heterocycles. The van der Waals surface area contributed by atoms with Gasteiger partial charge in [-0.1, -0.05) is 30.3 Å². The number of nitrogen functional groups attached to an aromatic ring is 1. The van der Waals surface area contributed by atoms with Crippen molar-refractivity contribution in [2.45, 2.75) is 18.8 Å². The average Bonchev–Trinajstić information content (AvgIpc) is 2.96. The minimum atomic E-state index is -0.354. The van der Waals surface area contributed by atoms with Crippen LogP contribution >= 0.6 is 0 Å². The fourth-order valence-electron chi connectivity index (χ4n) is 4.54. The number of carbonyl (C=O) groups excluding carboxylic acids is 1. The quantitative estimate of drug-likeness (QED) is 0.387. The molecule has 0 radical (unpaired) electrons. The molecular formula is C29H29N5O3. The predicted molar refractivity (Wildman–Crippen MR) is 143 cm³/mol. The maximum Gasteiger partial charge on any atom is 0.258 e. The van der Waals surface area contributed by atoms with E-state index in [2.05, 4.69) is 14.9 Å². The van der Waals surface area contributed by atoms with E-state index in [4.69, 9.17) is 10.5 Å². The lowest BCUT2D eigenvalue weighted by Crippen LogP contribution is -2.41. The molecular weight excluding hydrogens is 466 g/mol. The van der Waals surface area contributed by atoms with E-state index in [0.717, 1.165) is 22.5 Å². The van der Waals surface area contributed by atoms with Crippen molar-refractivity contribution >= 4 is 23.0 Å². The molecule has 3 aromatic carbocycles. The minimum absolute atomic E-state index is 0.0255. The van der Waals surface area contributed by atoms with Gasteiger partial charge in [-0.05, 0) is 59.7 Å². The number of rotatable bonds is 6. The highest BCUT2D eigenvalue weighted by Crippen LogP contribution is 2.35. The molecule has 1 aliphatic rings. The number of anilines is 3. The zero-order valence-corrected chi connectivity index (χ0v) is 20.6. The zero-order chi connectivity index (χ0) is 25.8. The third-order valence-corrected chi connectivity index (χ3v) is 6.50. The molecule has 188 valence electrons. The van der Waals surface area contributed by atoms with E-state index in [0.29, 0.717) is 30.2 Å². The molecule has 1 aromatic heterocycles. The fraction of sp³-hybridized carbons (Fsp3) is 0.207. The highest BCUT2D eigenvalue weighted by molar-refractivity contribution is 6.06. The number of aliphatic hydroxyl groups excluding tert-OH is 1. The van der Waals surface area contributed by atoms with Crippen molar-refractivity contribution in [1.29, 1.82) is 0 Å². The Hall–Kier alpha value is -4.27. The molecule has 5 rings (SSSR count). The number of carbonyl (C=O) groups is 1. The van der Waals surface area contributed by atoms with E-state index in [1.54, 1.807) is 54.7 Å². The highest BCUT2D eigenvalue weighted by Gasteiger charge is 2.32. The average molecular weight is 496 g/mol. The summed E-state index contributed by atoms with van der Waals surface area (Å²) in [6, 6.07) is 24.4. The Bertz CT molecular complexity index is 1380. The molecule has 8 heteroatoms. The van der Waals surface area contributed by atoms with Crippen molar-refractivity contribution < 1.29 is 14.6 Å². The van der Waals surface area contributed by atoms with Crippen LogP contribution in [0.3, 0.4) is 0 Å². The molecule has 4 aromatic rings. The van der Waals surface area contributed by atoms with Gasteiger partial charge in [-0.25, -0.2) is 9.97 Å². The van der Waals surface area contributed by atoms with Crippen molar-refractivity contribution in [3.63, 3.8) is 0 Å². The normalized spacial score (nSPS) is 17.4. The molecule has 8 nitrogen and oxygen atoms in total. The second-order valence-corrected chi connectivity index (χ2v) is 9.04. The van der Waals surface area contributed by atoms with Gasteiger partial charge in [-0.15, -0.1) is 0 Å². The molecule has 2 atom stereocenters. The SMILES string of the molecule is CN(C(=O)c1cccc(N)c1)c1cccc(C2CN(c3cccc(CO)c3)CC(c3ncccn3)O2)c1. The van der Waals surface area contributed by atoms with Gasteiger partial charge >= 0.3 is 0 Å². The number of aliphatic hydroxyl groups is 1. The Morgan fingerprint density at radius 2 is 1.76 bits per heavy atom. The smallest absolute Gasteiger partial charge is 0.258 e. The van der Waals surface area contributed by atoms with Crippen LogP contribution < -0.4 is 15.5 Å². The zero-order valence-electron chi connectivity index (χ0n) is 20.6. The van der Waals surface area contributed by atoms with Crippen LogP contribution in [-0.2, 0) is 11.3 Å². The number of nitrogens with zero attached hydrogens (tertiary/aromatic N) is 4. The second kappa shape index (κ2) is 10.8. The van der Waals surface area contributed by atoms with Crippen molar-refractivity contribution in [2.24, 2.45) is 0 Å². The van der Waals surface area contributed by atoms with Gasteiger partial charge in [0.15, 0.2) is 5.82 Å². The summed E-state index contributed by atoms with van der Waals surface area (Å²) in [5.41, 5.74) is 10.5. The number of aromatic nitrogens is 2.